The maximum Gasteiger partial charge on any atom is 0.248 e. The zero-order valence-electron chi connectivity index (χ0n) is 13.3. The summed E-state index contributed by atoms with van der Waals surface area (Å²) in [6.07, 6.45) is 2.02. The Hall–Kier alpha value is -2.24. The number of amides is 1. The van der Waals surface area contributed by atoms with E-state index in [0.29, 0.717) is 0 Å². The van der Waals surface area contributed by atoms with Crippen molar-refractivity contribution >= 4 is 11.6 Å². The Morgan fingerprint density at radius 2 is 2.05 bits per heavy atom. The van der Waals surface area contributed by atoms with Gasteiger partial charge in [-0.2, -0.15) is 0 Å². The van der Waals surface area contributed by atoms with Crippen molar-refractivity contribution in [2.45, 2.75) is 45.6 Å². The van der Waals surface area contributed by atoms with Crippen molar-refractivity contribution in [2.24, 2.45) is 0 Å². The molecule has 1 amide bonds. The van der Waals surface area contributed by atoms with Gasteiger partial charge in [0.25, 0.3) is 0 Å². The second kappa shape index (κ2) is 5.51. The van der Waals surface area contributed by atoms with Gasteiger partial charge in [0.2, 0.25) is 5.91 Å². The van der Waals surface area contributed by atoms with Crippen molar-refractivity contribution in [1.82, 2.24) is 20.2 Å². The third-order valence-corrected chi connectivity index (χ3v) is 3.90. The molecule has 6 heteroatoms. The van der Waals surface area contributed by atoms with E-state index in [1.807, 2.05) is 43.9 Å². The van der Waals surface area contributed by atoms with Gasteiger partial charge in [-0.15, -0.1) is 5.10 Å². The van der Waals surface area contributed by atoms with Crippen molar-refractivity contribution in [2.75, 3.05) is 11.4 Å². The van der Waals surface area contributed by atoms with E-state index in [4.69, 9.17) is 0 Å². The van der Waals surface area contributed by atoms with Gasteiger partial charge >= 0.3 is 0 Å². The van der Waals surface area contributed by atoms with Gasteiger partial charge in [-0.3, -0.25) is 4.79 Å². The minimum Gasteiger partial charge on any atom is -0.311 e. The number of aromatic nitrogens is 4. The van der Waals surface area contributed by atoms with Crippen molar-refractivity contribution in [3.8, 4) is 0 Å². The molecular weight excluding hydrogens is 278 g/mol. The number of carbonyl (C=O) groups is 1. The number of nitrogens with zero attached hydrogens (tertiary/aromatic N) is 5. The molecule has 1 aliphatic heterocycles. The number of fused-ring (bicyclic) bond motifs is 1. The Balaban J connectivity index is 1.84. The lowest BCUT2D eigenvalue weighted by Gasteiger charge is -2.29. The maximum atomic E-state index is 12.7. The van der Waals surface area contributed by atoms with Gasteiger partial charge in [-0.1, -0.05) is 39.0 Å². The summed E-state index contributed by atoms with van der Waals surface area (Å²) in [4.78, 5) is 14.6. The molecular formula is C16H21N5O. The first-order chi connectivity index (χ1) is 10.5. The fraction of sp³-hybridized carbons (Fsp3) is 0.500. The molecule has 0 unspecified atom stereocenters. The molecule has 1 aliphatic rings. The van der Waals surface area contributed by atoms with Crippen LogP contribution in [0.2, 0.25) is 0 Å². The summed E-state index contributed by atoms with van der Waals surface area (Å²) in [6.45, 7) is 7.04. The van der Waals surface area contributed by atoms with Crippen LogP contribution in [0.4, 0.5) is 5.69 Å². The van der Waals surface area contributed by atoms with Crippen LogP contribution in [0.1, 0.15) is 38.6 Å². The highest BCUT2D eigenvalue weighted by Gasteiger charge is 2.26. The zero-order valence-corrected chi connectivity index (χ0v) is 13.3. The summed E-state index contributed by atoms with van der Waals surface area (Å²) in [5, 5.41) is 11.8. The molecule has 0 aliphatic carbocycles. The van der Waals surface area contributed by atoms with E-state index in [9.17, 15) is 4.79 Å². The van der Waals surface area contributed by atoms with Gasteiger partial charge < -0.3 is 4.90 Å². The van der Waals surface area contributed by atoms with E-state index in [1.165, 1.54) is 5.56 Å². The van der Waals surface area contributed by atoms with Crippen LogP contribution in [0, 0.1) is 0 Å². The van der Waals surface area contributed by atoms with Gasteiger partial charge in [0.1, 0.15) is 6.54 Å². The Morgan fingerprint density at radius 1 is 1.27 bits per heavy atom. The maximum absolute atomic E-state index is 12.7. The molecule has 6 nitrogen and oxygen atoms in total. The number of rotatable bonds is 2. The average Bonchev–Trinajstić information content (AvgIpc) is 2.95. The first kappa shape index (κ1) is 14.7. The molecule has 0 atom stereocenters. The number of carbonyl (C=O) groups excluding carboxylic acids is 1. The Morgan fingerprint density at radius 3 is 2.82 bits per heavy atom. The summed E-state index contributed by atoms with van der Waals surface area (Å²) in [6, 6.07) is 8.09. The van der Waals surface area contributed by atoms with Crippen LogP contribution in [0.5, 0.6) is 0 Å². The van der Waals surface area contributed by atoms with Gasteiger partial charge in [0.15, 0.2) is 5.82 Å². The minimum absolute atomic E-state index is 0.0324. The van der Waals surface area contributed by atoms with Gasteiger partial charge in [-0.25, -0.2) is 4.68 Å². The highest BCUT2D eigenvalue weighted by atomic mass is 16.2. The number of anilines is 1. The van der Waals surface area contributed by atoms with E-state index in [0.717, 1.165) is 30.9 Å². The van der Waals surface area contributed by atoms with Crippen molar-refractivity contribution in [3.63, 3.8) is 0 Å². The summed E-state index contributed by atoms with van der Waals surface area (Å²) in [7, 11) is 0. The summed E-state index contributed by atoms with van der Waals surface area (Å²) in [5.41, 5.74) is 2.06. The number of aryl methyl sites for hydroxylation is 1. The summed E-state index contributed by atoms with van der Waals surface area (Å²) < 4.78 is 1.61. The predicted molar refractivity (Wildman–Crippen MR) is 83.6 cm³/mol. The molecule has 0 radical (unpaired) electrons. The largest absolute Gasteiger partial charge is 0.311 e. The normalized spacial score (nSPS) is 14.8. The monoisotopic (exact) mass is 299 g/mol. The molecule has 22 heavy (non-hydrogen) atoms. The lowest BCUT2D eigenvalue weighted by atomic mass is 9.96. The highest BCUT2D eigenvalue weighted by Crippen LogP contribution is 2.27. The van der Waals surface area contributed by atoms with Crippen LogP contribution in [0.25, 0.3) is 0 Å². The average molecular weight is 299 g/mol. The van der Waals surface area contributed by atoms with Crippen LogP contribution in [-0.2, 0) is 23.2 Å². The van der Waals surface area contributed by atoms with Gasteiger partial charge in [0, 0.05) is 17.6 Å². The second-order valence-corrected chi connectivity index (χ2v) is 6.69. The summed E-state index contributed by atoms with van der Waals surface area (Å²) >= 11 is 0. The van der Waals surface area contributed by atoms with Crippen molar-refractivity contribution in [3.05, 3.63) is 35.7 Å². The Bertz CT molecular complexity index is 686. The number of benzene rings is 1. The third kappa shape index (κ3) is 2.73. The lowest BCUT2D eigenvalue weighted by molar-refractivity contribution is -0.119. The molecule has 0 bridgehead atoms. The van der Waals surface area contributed by atoms with Crippen LogP contribution in [0.3, 0.4) is 0 Å². The molecule has 0 fully saturated rings. The van der Waals surface area contributed by atoms with Crippen molar-refractivity contribution in [1.29, 1.82) is 0 Å². The van der Waals surface area contributed by atoms with E-state index in [-0.39, 0.29) is 17.9 Å². The van der Waals surface area contributed by atoms with E-state index in [2.05, 4.69) is 21.6 Å². The SMILES string of the molecule is CC(C)(C)c1nnnn1CC(=O)N1CCCc2ccccc21. The number of tetrazole rings is 1. The smallest absolute Gasteiger partial charge is 0.248 e. The zero-order chi connectivity index (χ0) is 15.7. The van der Waals surface area contributed by atoms with Crippen LogP contribution in [-0.4, -0.2) is 32.7 Å². The van der Waals surface area contributed by atoms with Crippen LogP contribution in [0.15, 0.2) is 24.3 Å². The van der Waals surface area contributed by atoms with Gasteiger partial charge in [0.05, 0.1) is 0 Å². The molecule has 1 aromatic carbocycles. The quantitative estimate of drug-likeness (QED) is 0.850. The van der Waals surface area contributed by atoms with Crippen LogP contribution < -0.4 is 4.90 Å². The Kier molecular flexibility index (Phi) is 3.68. The molecule has 116 valence electrons. The number of hydrogen-bond donors (Lipinski definition) is 0. The molecule has 0 N–H and O–H groups in total. The van der Waals surface area contributed by atoms with Crippen molar-refractivity contribution < 1.29 is 4.79 Å². The predicted octanol–water partition coefficient (Wildman–Crippen LogP) is 1.95. The first-order valence-corrected chi connectivity index (χ1v) is 7.62. The topological polar surface area (TPSA) is 63.9 Å². The molecule has 3 rings (SSSR count). The molecule has 0 spiro atoms. The van der Waals surface area contributed by atoms with E-state index >= 15 is 0 Å². The third-order valence-electron chi connectivity index (χ3n) is 3.90. The van der Waals surface area contributed by atoms with Gasteiger partial charge in [-0.05, 0) is 34.9 Å². The van der Waals surface area contributed by atoms with E-state index in [1.54, 1.807) is 4.68 Å². The lowest BCUT2D eigenvalue weighted by Crippen LogP contribution is -2.38. The van der Waals surface area contributed by atoms with E-state index < -0.39 is 0 Å². The number of para-hydroxylation sites is 1. The first-order valence-electron chi connectivity index (χ1n) is 7.62. The molecule has 0 saturated heterocycles. The van der Waals surface area contributed by atoms with Crippen LogP contribution >= 0.6 is 0 Å². The molecule has 1 aromatic heterocycles. The minimum atomic E-state index is -0.191. The molecule has 2 aromatic rings. The second-order valence-electron chi connectivity index (χ2n) is 6.69. The summed E-state index contributed by atoms with van der Waals surface area (Å²) in [5.74, 6) is 0.760. The highest BCUT2D eigenvalue weighted by molar-refractivity contribution is 5.94. The molecule has 2 heterocycles. The molecule has 0 saturated carbocycles. The fourth-order valence-electron chi connectivity index (χ4n) is 2.85. The fourth-order valence-corrected chi connectivity index (χ4v) is 2.85. The number of hydrogen-bond acceptors (Lipinski definition) is 4. The Labute approximate surface area is 130 Å². The standard InChI is InChI=1S/C16H21N5O/c1-16(2,3)15-17-18-19-21(15)11-14(22)20-10-6-8-12-7-4-5-9-13(12)20/h4-5,7,9H,6,8,10-11H2,1-3H3.